The van der Waals surface area contributed by atoms with Crippen LogP contribution in [0.5, 0.6) is 0 Å². The molecular formula is C21H19ClF2N2O2S2. The largest absolute Gasteiger partial charge is 0.348 e. The number of rotatable bonds is 5. The predicted molar refractivity (Wildman–Crippen MR) is 115 cm³/mol. The number of nitrogens with zero attached hydrogens (tertiary/aromatic N) is 2. The van der Waals surface area contributed by atoms with Crippen molar-refractivity contribution in [2.75, 3.05) is 18.0 Å². The van der Waals surface area contributed by atoms with Crippen LogP contribution in [0.4, 0.5) is 13.9 Å². The molecule has 2 heterocycles. The molecule has 0 unspecified atom stereocenters. The fourth-order valence-corrected chi connectivity index (χ4v) is 6.46. The first kappa shape index (κ1) is 21.2. The topological polar surface area (TPSA) is 50.3 Å². The molecule has 0 amide bonds. The second kappa shape index (κ2) is 8.61. The zero-order valence-corrected chi connectivity index (χ0v) is 18.3. The van der Waals surface area contributed by atoms with Gasteiger partial charge in [-0.25, -0.2) is 22.2 Å². The number of halogens is 3. The van der Waals surface area contributed by atoms with Crippen LogP contribution >= 0.6 is 22.9 Å². The van der Waals surface area contributed by atoms with Crippen LogP contribution in [0.3, 0.4) is 0 Å². The summed E-state index contributed by atoms with van der Waals surface area (Å²) in [6.45, 7) is 0.932. The smallest absolute Gasteiger partial charge is 0.187 e. The minimum Gasteiger partial charge on any atom is -0.348 e. The number of thiazole rings is 1. The molecule has 3 aromatic rings. The summed E-state index contributed by atoms with van der Waals surface area (Å²) in [6.07, 6.45) is 1.27. The molecule has 4 nitrogen and oxygen atoms in total. The molecular weight excluding hydrogens is 450 g/mol. The fourth-order valence-electron chi connectivity index (χ4n) is 3.61. The number of hydrogen-bond acceptors (Lipinski definition) is 5. The van der Waals surface area contributed by atoms with Gasteiger partial charge in [-0.15, -0.1) is 11.3 Å². The molecule has 0 atom stereocenters. The van der Waals surface area contributed by atoms with Gasteiger partial charge >= 0.3 is 0 Å². The Morgan fingerprint density at radius 2 is 1.70 bits per heavy atom. The minimum atomic E-state index is -4.07. The molecule has 1 aromatic heterocycles. The lowest BCUT2D eigenvalue weighted by Crippen LogP contribution is -2.39. The summed E-state index contributed by atoms with van der Waals surface area (Å²) in [7, 11) is -4.07. The summed E-state index contributed by atoms with van der Waals surface area (Å²) >= 11 is 7.42. The fraction of sp³-hybridized carbons (Fsp3) is 0.286. The van der Waals surface area contributed by atoms with Crippen molar-refractivity contribution >= 4 is 37.9 Å². The Bertz CT molecular complexity index is 1120. The van der Waals surface area contributed by atoms with Gasteiger partial charge in [0.1, 0.15) is 16.5 Å². The van der Waals surface area contributed by atoms with Gasteiger partial charge in [0.25, 0.3) is 0 Å². The number of piperidine rings is 1. The van der Waals surface area contributed by atoms with E-state index in [4.69, 9.17) is 11.6 Å². The highest BCUT2D eigenvalue weighted by Gasteiger charge is 2.35. The lowest BCUT2D eigenvalue weighted by Gasteiger charge is -2.31. The zero-order valence-electron chi connectivity index (χ0n) is 15.9. The quantitative estimate of drug-likeness (QED) is 0.522. The number of aromatic nitrogens is 1. The highest BCUT2D eigenvalue weighted by Crippen LogP contribution is 2.31. The van der Waals surface area contributed by atoms with Gasteiger partial charge in [0.2, 0.25) is 0 Å². The van der Waals surface area contributed by atoms with E-state index in [-0.39, 0.29) is 0 Å². The third-order valence-electron chi connectivity index (χ3n) is 5.19. The van der Waals surface area contributed by atoms with E-state index in [1.807, 2.05) is 34.5 Å². The molecule has 0 saturated carbocycles. The molecule has 0 spiro atoms. The van der Waals surface area contributed by atoms with Crippen LogP contribution in [0.2, 0.25) is 5.02 Å². The normalized spacial score (nSPS) is 15.5. The van der Waals surface area contributed by atoms with Gasteiger partial charge in [0.05, 0.1) is 10.9 Å². The third kappa shape index (κ3) is 4.36. The monoisotopic (exact) mass is 468 g/mol. The summed E-state index contributed by atoms with van der Waals surface area (Å²) in [4.78, 5) is 5.88. The van der Waals surface area contributed by atoms with Crippen molar-refractivity contribution in [2.45, 2.75) is 29.4 Å². The molecule has 1 saturated heterocycles. The number of benzene rings is 2. The Morgan fingerprint density at radius 3 is 2.33 bits per heavy atom. The van der Waals surface area contributed by atoms with E-state index in [9.17, 15) is 17.2 Å². The number of anilines is 1. The van der Waals surface area contributed by atoms with Crippen molar-refractivity contribution in [1.82, 2.24) is 4.98 Å². The second-order valence-electron chi connectivity index (χ2n) is 7.21. The molecule has 4 rings (SSSR count). The van der Waals surface area contributed by atoms with Gasteiger partial charge in [-0.3, -0.25) is 0 Å². The molecule has 1 aliphatic heterocycles. The summed E-state index contributed by atoms with van der Waals surface area (Å²) in [6, 6.07) is 10.7. The van der Waals surface area contributed by atoms with E-state index in [0.717, 1.165) is 34.6 Å². The number of sulfone groups is 1. The van der Waals surface area contributed by atoms with E-state index in [1.165, 1.54) is 11.3 Å². The Hall–Kier alpha value is -2.03. The molecule has 30 heavy (non-hydrogen) atoms. The van der Waals surface area contributed by atoms with Crippen LogP contribution in [0.1, 0.15) is 24.1 Å². The van der Waals surface area contributed by atoms with Gasteiger partial charge in [-0.2, -0.15) is 0 Å². The standard InChI is InChI=1S/C21H19ClF2N2O2S2/c22-15-6-4-14(5-7-15)12-16-13-29-21(25-16)26-10-8-17(9-11-26)30(27,28)20-18(23)2-1-3-19(20)24/h1-7,13,17H,8-12H2. The van der Waals surface area contributed by atoms with Crippen molar-refractivity contribution in [1.29, 1.82) is 0 Å². The van der Waals surface area contributed by atoms with Crippen LogP contribution in [-0.4, -0.2) is 31.7 Å². The maximum atomic E-state index is 14.0. The Kier molecular flexibility index (Phi) is 6.09. The van der Waals surface area contributed by atoms with Crippen molar-refractivity contribution < 1.29 is 17.2 Å². The maximum Gasteiger partial charge on any atom is 0.187 e. The van der Waals surface area contributed by atoms with Gasteiger partial charge < -0.3 is 4.90 Å². The Labute approximate surface area is 183 Å². The molecule has 0 aliphatic carbocycles. The van der Waals surface area contributed by atoms with Crippen molar-refractivity contribution in [3.63, 3.8) is 0 Å². The summed E-state index contributed by atoms with van der Waals surface area (Å²) in [5.41, 5.74) is 2.04. The second-order valence-corrected chi connectivity index (χ2v) is 10.6. The molecule has 0 radical (unpaired) electrons. The molecule has 158 valence electrons. The molecule has 2 aromatic carbocycles. The van der Waals surface area contributed by atoms with Crippen LogP contribution in [-0.2, 0) is 16.3 Å². The van der Waals surface area contributed by atoms with Gasteiger partial charge in [0, 0.05) is 29.9 Å². The van der Waals surface area contributed by atoms with Crippen LogP contribution < -0.4 is 4.90 Å². The molecule has 1 aliphatic rings. The first-order chi connectivity index (χ1) is 14.3. The lowest BCUT2D eigenvalue weighted by atomic mass is 10.1. The zero-order chi connectivity index (χ0) is 21.3. The molecule has 9 heteroatoms. The SMILES string of the molecule is O=S(=O)(c1c(F)cccc1F)C1CCN(c2nc(Cc3ccc(Cl)cc3)cs2)CC1. The molecule has 0 N–H and O–H groups in total. The lowest BCUT2D eigenvalue weighted by molar-refractivity contribution is 0.497. The van der Waals surface area contributed by atoms with E-state index >= 15 is 0 Å². The average Bonchev–Trinajstić information content (AvgIpc) is 3.18. The Balaban J connectivity index is 1.42. The third-order valence-corrected chi connectivity index (χ3v) is 8.70. The highest BCUT2D eigenvalue weighted by molar-refractivity contribution is 7.92. The Morgan fingerprint density at radius 1 is 1.07 bits per heavy atom. The van der Waals surface area contributed by atoms with Gasteiger partial charge in [-0.1, -0.05) is 29.8 Å². The summed E-state index contributed by atoms with van der Waals surface area (Å²) in [5.74, 6) is -2.08. The van der Waals surface area contributed by atoms with E-state index in [1.54, 1.807) is 0 Å². The average molecular weight is 469 g/mol. The summed E-state index contributed by atoms with van der Waals surface area (Å²) in [5, 5.41) is 2.69. The molecule has 1 fully saturated rings. The minimum absolute atomic E-state index is 0.294. The van der Waals surface area contributed by atoms with Gasteiger partial charge in [0.15, 0.2) is 15.0 Å². The first-order valence-electron chi connectivity index (χ1n) is 9.46. The predicted octanol–water partition coefficient (Wildman–Crippen LogP) is 5.11. The highest BCUT2D eigenvalue weighted by atomic mass is 35.5. The first-order valence-corrected chi connectivity index (χ1v) is 12.3. The van der Waals surface area contributed by atoms with E-state index in [2.05, 4.69) is 4.98 Å². The van der Waals surface area contributed by atoms with Crippen molar-refractivity contribution in [3.8, 4) is 0 Å². The van der Waals surface area contributed by atoms with Gasteiger partial charge in [-0.05, 0) is 42.7 Å². The number of hydrogen-bond donors (Lipinski definition) is 0. The van der Waals surface area contributed by atoms with E-state index < -0.39 is 31.6 Å². The van der Waals surface area contributed by atoms with Crippen LogP contribution in [0, 0.1) is 11.6 Å². The molecule has 0 bridgehead atoms. The van der Waals surface area contributed by atoms with E-state index in [0.29, 0.717) is 37.4 Å². The van der Waals surface area contributed by atoms with Crippen LogP contribution in [0.15, 0.2) is 52.7 Å². The van der Waals surface area contributed by atoms with Crippen LogP contribution in [0.25, 0.3) is 0 Å². The maximum absolute atomic E-state index is 14.0. The van der Waals surface area contributed by atoms with Crippen molar-refractivity contribution in [2.24, 2.45) is 0 Å². The van der Waals surface area contributed by atoms with Crippen molar-refractivity contribution in [3.05, 3.63) is 75.8 Å². The summed E-state index contributed by atoms with van der Waals surface area (Å²) < 4.78 is 53.6.